The van der Waals surface area contributed by atoms with Gasteiger partial charge in [-0.15, -0.1) is 0 Å². The summed E-state index contributed by atoms with van der Waals surface area (Å²) in [6, 6.07) is 9.96. The Morgan fingerprint density at radius 1 is 1.08 bits per heavy atom. The summed E-state index contributed by atoms with van der Waals surface area (Å²) in [4.78, 5) is 11.8. The molecule has 134 valence electrons. The molecule has 3 nitrogen and oxygen atoms in total. The lowest BCUT2D eigenvalue weighted by molar-refractivity contribution is -0.137. The number of amides is 1. The van der Waals surface area contributed by atoms with E-state index in [2.05, 4.69) is 10.6 Å². The molecule has 2 aromatic carbocycles. The minimum atomic E-state index is -4.53. The monoisotopic (exact) mass is 390 g/mol. The van der Waals surface area contributed by atoms with Crippen molar-refractivity contribution in [2.45, 2.75) is 12.6 Å². The van der Waals surface area contributed by atoms with Crippen LogP contribution in [0.1, 0.15) is 11.1 Å². The van der Waals surface area contributed by atoms with Gasteiger partial charge < -0.3 is 10.6 Å². The van der Waals surface area contributed by atoms with E-state index in [9.17, 15) is 18.0 Å². The van der Waals surface area contributed by atoms with Crippen molar-refractivity contribution in [2.75, 3.05) is 18.4 Å². The first-order valence-electron chi connectivity index (χ1n) is 7.38. The Morgan fingerprint density at radius 2 is 1.80 bits per heavy atom. The summed E-state index contributed by atoms with van der Waals surface area (Å²) < 4.78 is 38.6. The van der Waals surface area contributed by atoms with Crippen LogP contribution >= 0.6 is 23.2 Å². The molecule has 0 unspecified atom stereocenters. The third-order valence-corrected chi connectivity index (χ3v) is 3.97. The summed E-state index contributed by atoms with van der Waals surface area (Å²) in [6.45, 7) is 0.326. The number of anilines is 1. The number of carbonyl (C=O) groups is 1. The van der Waals surface area contributed by atoms with Gasteiger partial charge in [0.2, 0.25) is 5.91 Å². The molecule has 0 aliphatic rings. The van der Waals surface area contributed by atoms with Gasteiger partial charge in [-0.3, -0.25) is 4.79 Å². The van der Waals surface area contributed by atoms with E-state index in [1.807, 2.05) is 0 Å². The van der Waals surface area contributed by atoms with E-state index in [-0.39, 0.29) is 12.2 Å². The molecule has 0 aliphatic heterocycles. The van der Waals surface area contributed by atoms with Crippen molar-refractivity contribution >= 4 is 34.8 Å². The van der Waals surface area contributed by atoms with Crippen LogP contribution in [0, 0.1) is 0 Å². The highest BCUT2D eigenvalue weighted by atomic mass is 35.5. The minimum absolute atomic E-state index is 0.114. The first-order valence-corrected chi connectivity index (χ1v) is 8.13. The largest absolute Gasteiger partial charge is 0.418 e. The molecule has 0 saturated heterocycles. The predicted molar refractivity (Wildman–Crippen MR) is 93.1 cm³/mol. The average molecular weight is 391 g/mol. The average Bonchev–Trinajstić information content (AvgIpc) is 2.52. The number of para-hydroxylation sites is 1. The maximum atomic E-state index is 12.9. The molecule has 8 heteroatoms. The van der Waals surface area contributed by atoms with Crippen LogP contribution in [0.3, 0.4) is 0 Å². The SMILES string of the molecule is O=C(CNCCc1ccc(Cl)cc1Cl)Nc1ccccc1C(F)(F)F. The maximum Gasteiger partial charge on any atom is 0.418 e. The van der Waals surface area contributed by atoms with Crippen molar-refractivity contribution in [1.82, 2.24) is 5.32 Å². The van der Waals surface area contributed by atoms with E-state index in [1.165, 1.54) is 18.2 Å². The van der Waals surface area contributed by atoms with Gasteiger partial charge in [-0.2, -0.15) is 13.2 Å². The zero-order chi connectivity index (χ0) is 18.4. The Morgan fingerprint density at radius 3 is 2.48 bits per heavy atom. The minimum Gasteiger partial charge on any atom is -0.324 e. The zero-order valence-electron chi connectivity index (χ0n) is 13.0. The molecular weight excluding hydrogens is 376 g/mol. The van der Waals surface area contributed by atoms with Crippen molar-refractivity contribution < 1.29 is 18.0 Å². The molecule has 2 rings (SSSR count). The molecule has 2 N–H and O–H groups in total. The van der Waals surface area contributed by atoms with Gasteiger partial charge in [0.1, 0.15) is 0 Å². The topological polar surface area (TPSA) is 41.1 Å². The second-order valence-corrected chi connectivity index (χ2v) is 6.10. The van der Waals surface area contributed by atoms with Crippen molar-refractivity contribution in [3.63, 3.8) is 0 Å². The Bertz CT molecular complexity index is 751. The fourth-order valence-corrected chi connectivity index (χ4v) is 2.69. The van der Waals surface area contributed by atoms with E-state index in [0.717, 1.165) is 11.6 Å². The van der Waals surface area contributed by atoms with Gasteiger partial charge in [-0.25, -0.2) is 0 Å². The molecule has 0 heterocycles. The quantitative estimate of drug-likeness (QED) is 0.696. The molecular formula is C17H15Cl2F3N2O. The van der Waals surface area contributed by atoms with Crippen molar-refractivity contribution in [2.24, 2.45) is 0 Å². The lowest BCUT2D eigenvalue weighted by atomic mass is 10.1. The number of nitrogens with one attached hydrogen (secondary N) is 2. The summed E-state index contributed by atoms with van der Waals surface area (Å²) in [6.07, 6.45) is -3.97. The number of benzene rings is 2. The summed E-state index contributed by atoms with van der Waals surface area (Å²) in [7, 11) is 0. The molecule has 0 atom stereocenters. The first-order chi connectivity index (χ1) is 11.8. The number of halogens is 5. The molecule has 0 bridgehead atoms. The van der Waals surface area contributed by atoms with Gasteiger partial charge in [-0.05, 0) is 42.8 Å². The fraction of sp³-hybridized carbons (Fsp3) is 0.235. The van der Waals surface area contributed by atoms with Crippen LogP contribution in [-0.4, -0.2) is 19.0 Å². The molecule has 0 aromatic heterocycles. The molecule has 0 fully saturated rings. The van der Waals surface area contributed by atoms with Gasteiger partial charge >= 0.3 is 6.18 Å². The smallest absolute Gasteiger partial charge is 0.324 e. The summed E-state index contributed by atoms with van der Waals surface area (Å²) >= 11 is 11.8. The van der Waals surface area contributed by atoms with E-state index in [1.54, 1.807) is 18.2 Å². The van der Waals surface area contributed by atoms with Crippen LogP contribution in [0.4, 0.5) is 18.9 Å². The maximum absolute atomic E-state index is 12.9. The van der Waals surface area contributed by atoms with E-state index in [4.69, 9.17) is 23.2 Å². The lowest BCUT2D eigenvalue weighted by Gasteiger charge is -2.13. The van der Waals surface area contributed by atoms with Crippen LogP contribution in [0.2, 0.25) is 10.0 Å². The first kappa shape index (κ1) is 19.6. The van der Waals surface area contributed by atoms with Gasteiger partial charge in [0, 0.05) is 10.0 Å². The molecule has 0 saturated carbocycles. The normalized spacial score (nSPS) is 11.4. The van der Waals surface area contributed by atoms with E-state index in [0.29, 0.717) is 23.0 Å². The van der Waals surface area contributed by atoms with E-state index >= 15 is 0 Å². The van der Waals surface area contributed by atoms with Gasteiger partial charge in [0.05, 0.1) is 17.8 Å². The van der Waals surface area contributed by atoms with Crippen molar-refractivity contribution in [3.8, 4) is 0 Å². The highest BCUT2D eigenvalue weighted by Crippen LogP contribution is 2.34. The molecule has 25 heavy (non-hydrogen) atoms. The third-order valence-electron chi connectivity index (χ3n) is 3.38. The third kappa shape index (κ3) is 5.92. The van der Waals surface area contributed by atoms with Crippen LogP contribution in [0.15, 0.2) is 42.5 Å². The molecule has 0 spiro atoms. The number of hydrogen-bond acceptors (Lipinski definition) is 2. The Kier molecular flexibility index (Phi) is 6.70. The highest BCUT2D eigenvalue weighted by molar-refractivity contribution is 6.35. The Labute approximate surface area is 153 Å². The molecule has 0 radical (unpaired) electrons. The second kappa shape index (κ2) is 8.56. The van der Waals surface area contributed by atoms with Crippen LogP contribution in [0.25, 0.3) is 0 Å². The van der Waals surface area contributed by atoms with Crippen LogP contribution < -0.4 is 10.6 Å². The van der Waals surface area contributed by atoms with Gasteiger partial charge in [0.25, 0.3) is 0 Å². The van der Waals surface area contributed by atoms with Crippen molar-refractivity contribution in [1.29, 1.82) is 0 Å². The Balaban J connectivity index is 1.84. The Hall–Kier alpha value is -1.76. The zero-order valence-corrected chi connectivity index (χ0v) is 14.5. The second-order valence-electron chi connectivity index (χ2n) is 5.25. The number of rotatable bonds is 6. The summed E-state index contributed by atoms with van der Waals surface area (Å²) in [5, 5.41) is 6.20. The summed E-state index contributed by atoms with van der Waals surface area (Å²) in [5.41, 5.74) is -0.278. The fourth-order valence-electron chi connectivity index (χ4n) is 2.18. The molecule has 2 aromatic rings. The van der Waals surface area contributed by atoms with Crippen molar-refractivity contribution in [3.05, 3.63) is 63.6 Å². The number of carbonyl (C=O) groups excluding carboxylic acids is 1. The molecule has 0 aliphatic carbocycles. The number of hydrogen-bond donors (Lipinski definition) is 2. The molecule has 1 amide bonds. The van der Waals surface area contributed by atoms with E-state index < -0.39 is 17.6 Å². The van der Waals surface area contributed by atoms with Crippen LogP contribution in [0.5, 0.6) is 0 Å². The standard InChI is InChI=1S/C17H15Cl2F3N2O/c18-12-6-5-11(14(19)9-12)7-8-23-10-16(25)24-15-4-2-1-3-13(15)17(20,21)22/h1-6,9,23H,7-8,10H2,(H,24,25). The van der Waals surface area contributed by atoms with Gasteiger partial charge in [0.15, 0.2) is 0 Å². The lowest BCUT2D eigenvalue weighted by Crippen LogP contribution is -2.30. The highest BCUT2D eigenvalue weighted by Gasteiger charge is 2.33. The van der Waals surface area contributed by atoms with Gasteiger partial charge in [-0.1, -0.05) is 41.4 Å². The van der Waals surface area contributed by atoms with Crippen LogP contribution in [-0.2, 0) is 17.4 Å². The predicted octanol–water partition coefficient (Wildman–Crippen LogP) is 4.78. The summed E-state index contributed by atoms with van der Waals surface area (Å²) in [5.74, 6) is -0.557. The number of alkyl halides is 3.